The molecule has 156 valence electrons. The molecule has 3 aromatic rings. The van der Waals surface area contributed by atoms with Crippen molar-refractivity contribution in [3.05, 3.63) is 70.9 Å². The van der Waals surface area contributed by atoms with Crippen molar-refractivity contribution in [2.45, 2.75) is 30.7 Å². The number of nitrogens with zero attached hydrogens (tertiary/aromatic N) is 1. The number of nitriles is 1. The van der Waals surface area contributed by atoms with Crippen LogP contribution in [0.3, 0.4) is 0 Å². The van der Waals surface area contributed by atoms with E-state index in [1.54, 1.807) is 6.26 Å². The zero-order chi connectivity index (χ0) is 21.7. The molecule has 7 heteroatoms. The summed E-state index contributed by atoms with van der Waals surface area (Å²) in [6.07, 6.45) is -0.150. The number of para-hydroxylation sites is 1. The molecule has 0 bridgehead atoms. The first-order chi connectivity index (χ1) is 14.2. The van der Waals surface area contributed by atoms with Gasteiger partial charge in [-0.1, -0.05) is 37.3 Å². The summed E-state index contributed by atoms with van der Waals surface area (Å²) in [6, 6.07) is 13.4. The summed E-state index contributed by atoms with van der Waals surface area (Å²) < 4.78 is 50.9. The number of rotatable bonds is 5. The second-order valence-electron chi connectivity index (χ2n) is 8.11. The Morgan fingerprint density at radius 3 is 2.40 bits per heavy atom. The van der Waals surface area contributed by atoms with Gasteiger partial charge in [0.05, 0.1) is 23.3 Å². The number of benzene rings is 2. The first kappa shape index (κ1) is 20.7. The standard InChI is InChI=1S/C23H21F3N2OS/c1-22(19-10-15(19)11-27,16-6-8-17(9-7-16)23(24,25)26)20-12-28-21-14(13-30(2)29)4-3-5-18(20)21/h3-9,12,15,19,28H,10,13H2,1-2H3. The summed E-state index contributed by atoms with van der Waals surface area (Å²) in [7, 11) is -1.00. The minimum Gasteiger partial charge on any atom is -0.361 e. The molecule has 1 saturated carbocycles. The average molecular weight is 430 g/mol. The molecule has 3 nitrogen and oxygen atoms in total. The zero-order valence-electron chi connectivity index (χ0n) is 16.6. The van der Waals surface area contributed by atoms with Gasteiger partial charge in [0.2, 0.25) is 0 Å². The molecule has 1 heterocycles. The van der Waals surface area contributed by atoms with Crippen molar-refractivity contribution in [2.24, 2.45) is 11.8 Å². The van der Waals surface area contributed by atoms with Gasteiger partial charge in [0.1, 0.15) is 0 Å². The molecule has 1 fully saturated rings. The average Bonchev–Trinajstić information content (AvgIpc) is 3.37. The normalized spacial score (nSPS) is 21.7. The van der Waals surface area contributed by atoms with Crippen molar-refractivity contribution in [3.8, 4) is 6.07 Å². The van der Waals surface area contributed by atoms with Crippen LogP contribution in [0.4, 0.5) is 13.2 Å². The number of aromatic amines is 1. The maximum atomic E-state index is 13.1. The second kappa shape index (κ2) is 7.28. The van der Waals surface area contributed by atoms with Crippen LogP contribution in [0.25, 0.3) is 10.9 Å². The largest absolute Gasteiger partial charge is 0.416 e. The molecular weight excluding hydrogens is 409 g/mol. The highest BCUT2D eigenvalue weighted by molar-refractivity contribution is 7.83. The molecule has 1 N–H and O–H groups in total. The lowest BCUT2D eigenvalue weighted by Crippen LogP contribution is -2.27. The Bertz CT molecular complexity index is 1160. The van der Waals surface area contributed by atoms with E-state index in [1.165, 1.54) is 12.1 Å². The number of hydrogen-bond donors (Lipinski definition) is 1. The van der Waals surface area contributed by atoms with Crippen LogP contribution in [0.2, 0.25) is 0 Å². The highest BCUT2D eigenvalue weighted by Gasteiger charge is 2.53. The van der Waals surface area contributed by atoms with E-state index < -0.39 is 28.0 Å². The van der Waals surface area contributed by atoms with Crippen LogP contribution in [0.1, 0.15) is 35.6 Å². The number of fused-ring (bicyclic) bond motifs is 1. The van der Waals surface area contributed by atoms with Crippen molar-refractivity contribution < 1.29 is 17.4 Å². The maximum absolute atomic E-state index is 13.1. The van der Waals surface area contributed by atoms with Crippen LogP contribution in [-0.4, -0.2) is 15.4 Å². The molecule has 0 saturated heterocycles. The van der Waals surface area contributed by atoms with Gasteiger partial charge >= 0.3 is 6.18 Å². The Morgan fingerprint density at radius 2 is 1.83 bits per heavy atom. The monoisotopic (exact) mass is 430 g/mol. The van der Waals surface area contributed by atoms with Crippen LogP contribution >= 0.6 is 0 Å². The fourth-order valence-corrected chi connectivity index (χ4v) is 5.22. The Kier molecular flexibility index (Phi) is 5.01. The lowest BCUT2D eigenvalue weighted by atomic mass is 9.71. The van der Waals surface area contributed by atoms with Gasteiger partial charge in [0.25, 0.3) is 0 Å². The lowest BCUT2D eigenvalue weighted by Gasteiger charge is -2.31. The zero-order valence-corrected chi connectivity index (χ0v) is 17.4. The molecule has 0 aliphatic heterocycles. The molecule has 30 heavy (non-hydrogen) atoms. The van der Waals surface area contributed by atoms with Gasteiger partial charge in [-0.2, -0.15) is 18.4 Å². The summed E-state index contributed by atoms with van der Waals surface area (Å²) in [4.78, 5) is 3.29. The van der Waals surface area contributed by atoms with Gasteiger partial charge in [0.15, 0.2) is 0 Å². The fourth-order valence-electron chi connectivity index (χ4n) is 4.54. The van der Waals surface area contributed by atoms with E-state index in [2.05, 4.69) is 11.1 Å². The van der Waals surface area contributed by atoms with Gasteiger partial charge in [-0.3, -0.25) is 4.21 Å². The Balaban J connectivity index is 1.87. The predicted octanol–water partition coefficient (Wildman–Crippen LogP) is 5.53. The summed E-state index contributed by atoms with van der Waals surface area (Å²) in [5.74, 6) is 0.300. The molecule has 0 radical (unpaired) electrons. The molecule has 4 rings (SSSR count). The van der Waals surface area contributed by atoms with E-state index in [9.17, 15) is 22.6 Å². The SMILES string of the molecule is CS(=O)Cc1cccc2c(C(C)(c3ccc(C(F)(F)F)cc3)C3CC3C#N)c[nH]c12. The second-order valence-corrected chi connectivity index (χ2v) is 9.55. The Labute approximate surface area is 175 Å². The van der Waals surface area contributed by atoms with Crippen LogP contribution in [-0.2, 0) is 28.1 Å². The van der Waals surface area contributed by atoms with Gasteiger partial charge in [-0.25, -0.2) is 0 Å². The Hall–Kier alpha value is -2.59. The van der Waals surface area contributed by atoms with Crippen molar-refractivity contribution >= 4 is 21.7 Å². The number of nitrogens with one attached hydrogen (secondary N) is 1. The van der Waals surface area contributed by atoms with Crippen LogP contribution in [0, 0.1) is 23.2 Å². The summed E-state index contributed by atoms with van der Waals surface area (Å²) in [5.41, 5.74) is 2.21. The van der Waals surface area contributed by atoms with Gasteiger partial charge in [0, 0.05) is 39.6 Å². The molecular formula is C23H21F3N2OS. The molecule has 0 amide bonds. The number of halogens is 3. The first-order valence-corrected chi connectivity index (χ1v) is 11.4. The lowest BCUT2D eigenvalue weighted by molar-refractivity contribution is -0.137. The quantitative estimate of drug-likeness (QED) is 0.579. The third kappa shape index (κ3) is 3.43. The third-order valence-corrected chi connectivity index (χ3v) is 6.95. The number of hydrogen-bond acceptors (Lipinski definition) is 2. The summed E-state index contributed by atoms with van der Waals surface area (Å²) >= 11 is 0. The molecule has 4 atom stereocenters. The highest BCUT2D eigenvalue weighted by Crippen LogP contribution is 2.56. The first-order valence-electron chi connectivity index (χ1n) is 9.63. The van der Waals surface area contributed by atoms with E-state index in [0.29, 0.717) is 12.2 Å². The smallest absolute Gasteiger partial charge is 0.361 e. The van der Waals surface area contributed by atoms with Crippen molar-refractivity contribution in [2.75, 3.05) is 6.26 Å². The molecule has 4 unspecified atom stereocenters. The minimum atomic E-state index is -4.39. The van der Waals surface area contributed by atoms with E-state index in [-0.39, 0.29) is 11.8 Å². The van der Waals surface area contributed by atoms with E-state index in [4.69, 9.17) is 0 Å². The number of H-pyrrole nitrogens is 1. The van der Waals surface area contributed by atoms with Gasteiger partial charge in [-0.05, 0) is 41.2 Å². The van der Waals surface area contributed by atoms with Crippen LogP contribution in [0.15, 0.2) is 48.7 Å². The minimum absolute atomic E-state index is 0.0159. The predicted molar refractivity (Wildman–Crippen MR) is 111 cm³/mol. The fraction of sp³-hybridized carbons (Fsp3) is 0.348. The molecule has 1 aromatic heterocycles. The third-order valence-electron chi connectivity index (χ3n) is 6.23. The van der Waals surface area contributed by atoms with E-state index in [1.807, 2.05) is 31.3 Å². The molecule has 0 spiro atoms. The van der Waals surface area contributed by atoms with Crippen molar-refractivity contribution in [1.82, 2.24) is 4.98 Å². The molecule has 1 aliphatic rings. The van der Waals surface area contributed by atoms with Crippen LogP contribution in [0.5, 0.6) is 0 Å². The topological polar surface area (TPSA) is 56.6 Å². The maximum Gasteiger partial charge on any atom is 0.416 e. The Morgan fingerprint density at radius 1 is 1.17 bits per heavy atom. The molecule has 1 aliphatic carbocycles. The highest BCUT2D eigenvalue weighted by atomic mass is 32.2. The summed E-state index contributed by atoms with van der Waals surface area (Å²) in [5, 5.41) is 10.4. The molecule has 2 aromatic carbocycles. The number of alkyl halides is 3. The van der Waals surface area contributed by atoms with Crippen molar-refractivity contribution in [1.29, 1.82) is 5.26 Å². The summed E-state index contributed by atoms with van der Waals surface area (Å²) in [6.45, 7) is 2.00. The van der Waals surface area contributed by atoms with E-state index in [0.717, 1.165) is 39.7 Å². The van der Waals surface area contributed by atoms with E-state index >= 15 is 0 Å². The number of aromatic nitrogens is 1. The van der Waals surface area contributed by atoms with Gasteiger partial charge < -0.3 is 4.98 Å². The van der Waals surface area contributed by atoms with Crippen LogP contribution < -0.4 is 0 Å². The van der Waals surface area contributed by atoms with Gasteiger partial charge in [-0.15, -0.1) is 0 Å². The van der Waals surface area contributed by atoms with Crippen molar-refractivity contribution in [3.63, 3.8) is 0 Å².